The maximum atomic E-state index is 11.1. The molecule has 2 rings (SSSR count). The molecule has 9 heteroatoms. The van der Waals surface area contributed by atoms with E-state index in [4.69, 9.17) is 10.7 Å². The smallest absolute Gasteiger partial charge is 0.265 e. The van der Waals surface area contributed by atoms with Crippen LogP contribution in [0.25, 0.3) is 10.9 Å². The fourth-order valence-electron chi connectivity index (χ4n) is 1.27. The van der Waals surface area contributed by atoms with E-state index in [1.807, 2.05) is 0 Å². The third kappa shape index (κ3) is 1.72. The molecule has 0 fully saturated rings. The van der Waals surface area contributed by atoms with Crippen molar-refractivity contribution in [2.45, 2.75) is 5.03 Å². The lowest BCUT2D eigenvalue weighted by molar-refractivity contribution is -0.384. The summed E-state index contributed by atoms with van der Waals surface area (Å²) in [5.41, 5.74) is 0.0697. The summed E-state index contributed by atoms with van der Waals surface area (Å²) in [6, 6.07) is 3.68. The molecule has 0 aliphatic heterocycles. The molecule has 1 aromatic carbocycles. The van der Waals surface area contributed by atoms with Crippen LogP contribution in [0.4, 0.5) is 5.69 Å². The van der Waals surface area contributed by atoms with Crippen molar-refractivity contribution in [2.24, 2.45) is 0 Å². The number of aromatic amines is 1. The second-order valence-corrected chi connectivity index (χ2v) is 5.45. The number of nitrogens with zero attached hydrogens (tertiary/aromatic N) is 2. The fraction of sp³-hybridized carbons (Fsp3) is 0. The minimum absolute atomic E-state index is 0.101. The van der Waals surface area contributed by atoms with E-state index in [-0.39, 0.29) is 16.1 Å². The van der Waals surface area contributed by atoms with Gasteiger partial charge in [-0.3, -0.25) is 15.2 Å². The number of aromatic nitrogens is 2. The second-order valence-electron chi connectivity index (χ2n) is 2.95. The maximum absolute atomic E-state index is 11.1. The molecule has 1 heterocycles. The van der Waals surface area contributed by atoms with Gasteiger partial charge in [-0.25, -0.2) is 8.42 Å². The van der Waals surface area contributed by atoms with Gasteiger partial charge in [-0.15, -0.1) is 0 Å². The van der Waals surface area contributed by atoms with Gasteiger partial charge >= 0.3 is 0 Å². The number of halogens is 1. The number of fused-ring (bicyclic) bond motifs is 1. The molecule has 0 radical (unpaired) electrons. The Balaban J connectivity index is 2.80. The van der Waals surface area contributed by atoms with E-state index < -0.39 is 14.0 Å². The topological polar surface area (TPSA) is 106 Å². The van der Waals surface area contributed by atoms with E-state index in [1.165, 1.54) is 12.1 Å². The van der Waals surface area contributed by atoms with E-state index in [9.17, 15) is 18.5 Å². The normalized spacial score (nSPS) is 11.8. The van der Waals surface area contributed by atoms with Crippen molar-refractivity contribution in [3.63, 3.8) is 0 Å². The molecule has 1 aromatic heterocycles. The third-order valence-electron chi connectivity index (χ3n) is 1.96. The minimum Gasteiger partial charge on any atom is -0.265 e. The minimum atomic E-state index is -4.00. The van der Waals surface area contributed by atoms with Crippen molar-refractivity contribution in [3.05, 3.63) is 28.3 Å². The molecule has 0 unspecified atom stereocenters. The van der Waals surface area contributed by atoms with Gasteiger partial charge in [0.2, 0.25) is 0 Å². The molecule has 0 amide bonds. The molecule has 2 aromatic rings. The van der Waals surface area contributed by atoms with Crippen LogP contribution in [0.3, 0.4) is 0 Å². The first kappa shape index (κ1) is 10.8. The number of H-pyrrole nitrogens is 1. The number of hydrogen-bond acceptors (Lipinski definition) is 5. The average Bonchev–Trinajstić information content (AvgIpc) is 2.58. The van der Waals surface area contributed by atoms with Gasteiger partial charge in [0, 0.05) is 28.2 Å². The molecule has 84 valence electrons. The van der Waals surface area contributed by atoms with Gasteiger partial charge in [0.15, 0.2) is 5.03 Å². The van der Waals surface area contributed by atoms with Crippen LogP contribution < -0.4 is 0 Å². The molecule has 0 spiro atoms. The summed E-state index contributed by atoms with van der Waals surface area (Å²) in [4.78, 5) is 9.89. The summed E-state index contributed by atoms with van der Waals surface area (Å²) >= 11 is 0. The Bertz CT molecular complexity index is 678. The molecule has 0 aliphatic carbocycles. The van der Waals surface area contributed by atoms with Crippen LogP contribution in [-0.4, -0.2) is 23.5 Å². The number of nitro groups is 1. The van der Waals surface area contributed by atoms with Crippen LogP contribution in [0.15, 0.2) is 23.2 Å². The molecular formula is C7H4ClN3O4S. The largest absolute Gasteiger partial charge is 0.278 e. The zero-order valence-corrected chi connectivity index (χ0v) is 9.12. The van der Waals surface area contributed by atoms with E-state index in [2.05, 4.69) is 10.2 Å². The van der Waals surface area contributed by atoms with Gasteiger partial charge in [-0.2, -0.15) is 5.10 Å². The number of rotatable bonds is 2. The Kier molecular flexibility index (Phi) is 2.32. The summed E-state index contributed by atoms with van der Waals surface area (Å²) in [7, 11) is 1.14. The van der Waals surface area contributed by atoms with Crippen LogP contribution in [0.5, 0.6) is 0 Å². The van der Waals surface area contributed by atoms with Gasteiger partial charge in [-0.1, -0.05) is 0 Å². The zero-order valence-electron chi connectivity index (χ0n) is 7.55. The Morgan fingerprint density at radius 1 is 1.44 bits per heavy atom. The van der Waals surface area contributed by atoms with Crippen molar-refractivity contribution < 1.29 is 13.3 Å². The monoisotopic (exact) mass is 261 g/mol. The standard InChI is InChI=1S/C7H4ClN3O4S/c8-16(14,15)7-5-3-4(11(12)13)1-2-6(5)9-10-7/h1-3H,(H,9,10). The number of non-ortho nitro benzene ring substituents is 1. The van der Waals surface area contributed by atoms with Crippen LogP contribution >= 0.6 is 10.7 Å². The Morgan fingerprint density at radius 2 is 2.12 bits per heavy atom. The summed E-state index contributed by atoms with van der Waals surface area (Å²) in [5.74, 6) is 0. The summed E-state index contributed by atoms with van der Waals surface area (Å²) in [5, 5.41) is 16.2. The molecular weight excluding hydrogens is 258 g/mol. The summed E-state index contributed by atoms with van der Waals surface area (Å²) < 4.78 is 22.2. The molecule has 0 bridgehead atoms. The molecule has 7 nitrogen and oxygen atoms in total. The van der Waals surface area contributed by atoms with Gasteiger partial charge in [0.25, 0.3) is 14.7 Å². The molecule has 16 heavy (non-hydrogen) atoms. The number of nitro benzene ring substituents is 1. The number of benzene rings is 1. The van der Waals surface area contributed by atoms with Crippen molar-refractivity contribution in [1.82, 2.24) is 10.2 Å². The lowest BCUT2D eigenvalue weighted by Crippen LogP contribution is -1.92. The van der Waals surface area contributed by atoms with Gasteiger partial charge < -0.3 is 0 Å². The van der Waals surface area contributed by atoms with Crippen molar-refractivity contribution in [2.75, 3.05) is 0 Å². The van der Waals surface area contributed by atoms with Crippen LogP contribution in [0.1, 0.15) is 0 Å². The maximum Gasteiger partial charge on any atom is 0.278 e. The first-order chi connectivity index (χ1) is 7.39. The zero-order chi connectivity index (χ0) is 11.9. The van der Waals surface area contributed by atoms with Gasteiger partial charge in [0.05, 0.1) is 10.4 Å². The first-order valence-electron chi connectivity index (χ1n) is 3.97. The molecule has 0 saturated heterocycles. The molecule has 0 aliphatic rings. The second kappa shape index (κ2) is 3.42. The predicted molar refractivity (Wildman–Crippen MR) is 55.8 cm³/mol. The summed E-state index contributed by atoms with van der Waals surface area (Å²) in [6.45, 7) is 0. The van der Waals surface area contributed by atoms with Crippen LogP contribution in [-0.2, 0) is 9.05 Å². The Hall–Kier alpha value is -1.67. The highest BCUT2D eigenvalue weighted by molar-refractivity contribution is 8.13. The van der Waals surface area contributed by atoms with Crippen molar-refractivity contribution in [3.8, 4) is 0 Å². The molecule has 0 saturated carbocycles. The lowest BCUT2D eigenvalue weighted by atomic mass is 10.2. The van der Waals surface area contributed by atoms with E-state index in [0.29, 0.717) is 5.52 Å². The number of hydrogen-bond donors (Lipinski definition) is 1. The third-order valence-corrected chi connectivity index (χ3v) is 3.22. The van der Waals surface area contributed by atoms with E-state index in [0.717, 1.165) is 6.07 Å². The highest BCUT2D eigenvalue weighted by Crippen LogP contribution is 2.26. The molecule has 1 N–H and O–H groups in total. The average molecular weight is 262 g/mol. The Morgan fingerprint density at radius 3 is 2.69 bits per heavy atom. The van der Waals surface area contributed by atoms with E-state index in [1.54, 1.807) is 0 Å². The van der Waals surface area contributed by atoms with Gasteiger partial charge in [-0.05, 0) is 6.07 Å². The predicted octanol–water partition coefficient (Wildman–Crippen LogP) is 1.40. The Labute approximate surface area is 93.6 Å². The highest BCUT2D eigenvalue weighted by atomic mass is 35.7. The van der Waals surface area contributed by atoms with Crippen LogP contribution in [0.2, 0.25) is 0 Å². The van der Waals surface area contributed by atoms with Gasteiger partial charge in [0.1, 0.15) is 0 Å². The summed E-state index contributed by atoms with van der Waals surface area (Å²) in [6.07, 6.45) is 0. The lowest BCUT2D eigenvalue weighted by Gasteiger charge is -1.93. The first-order valence-corrected chi connectivity index (χ1v) is 6.28. The number of nitrogens with one attached hydrogen (secondary N) is 1. The van der Waals surface area contributed by atoms with Crippen LogP contribution in [0, 0.1) is 10.1 Å². The quantitative estimate of drug-likeness (QED) is 0.499. The molecule has 0 atom stereocenters. The fourth-order valence-corrected chi connectivity index (χ4v) is 2.21. The SMILES string of the molecule is O=[N+]([O-])c1ccc2n[nH]c(S(=O)(=O)Cl)c2c1. The van der Waals surface area contributed by atoms with Crippen molar-refractivity contribution in [1.29, 1.82) is 0 Å². The highest BCUT2D eigenvalue weighted by Gasteiger charge is 2.19. The van der Waals surface area contributed by atoms with E-state index >= 15 is 0 Å². The van der Waals surface area contributed by atoms with Crippen molar-refractivity contribution >= 4 is 36.3 Å².